The number of hydrogen-bond acceptors (Lipinski definition) is 0. The Balaban J connectivity index is 1.13. The lowest BCUT2D eigenvalue weighted by Crippen LogP contribution is -2.28. The molecule has 264 valence electrons. The van der Waals surface area contributed by atoms with Crippen LogP contribution < -0.4 is 0 Å². The molecular formula is C55H39N. The maximum atomic E-state index is 2.47. The van der Waals surface area contributed by atoms with Gasteiger partial charge in [-0.05, 0) is 117 Å². The Morgan fingerprint density at radius 2 is 0.964 bits per heavy atom. The van der Waals surface area contributed by atoms with E-state index in [0.29, 0.717) is 0 Å². The maximum Gasteiger partial charge on any atom is 0.0713 e. The topological polar surface area (TPSA) is 4.93 Å². The average Bonchev–Trinajstić information content (AvgIpc) is 3.74. The van der Waals surface area contributed by atoms with Gasteiger partial charge in [0, 0.05) is 16.5 Å². The Hall–Kier alpha value is -6.96. The van der Waals surface area contributed by atoms with Gasteiger partial charge in [0.15, 0.2) is 0 Å². The molecule has 56 heavy (non-hydrogen) atoms. The SMILES string of the molecule is Cc1cc(C)cc(-c2ccc(-n3c4ccc(-c5ccc6c(c5)C(c5ccccc5)(c5ccccc5)c5ccccc5-6)cc4c4c5ccccc5ccc43)cc2)c1. The summed E-state index contributed by atoms with van der Waals surface area (Å²) in [6.07, 6.45) is 0. The Bertz CT molecular complexity index is 3070. The zero-order chi connectivity index (χ0) is 37.4. The minimum Gasteiger partial charge on any atom is -0.309 e. The standard InChI is InChI=1S/C55H39N/c1-36-31-37(2)33-42(32-36)38-21-26-45(27-22-38)56-52-29-25-40(34-49(52)54-46-18-10-9-13-39(46)24-30-53(54)56)41-23-28-48-47-19-11-12-20-50(47)55(51(48)35-41,43-14-5-3-6-15-43)44-16-7-4-8-17-44/h3-35H,1-2H3. The van der Waals surface area contributed by atoms with Gasteiger partial charge in [0.2, 0.25) is 0 Å². The molecule has 0 spiro atoms. The van der Waals surface area contributed by atoms with Crippen LogP contribution in [0.15, 0.2) is 200 Å². The lowest BCUT2D eigenvalue weighted by atomic mass is 9.67. The molecule has 1 aromatic heterocycles. The largest absolute Gasteiger partial charge is 0.309 e. The van der Waals surface area contributed by atoms with E-state index in [1.807, 2.05) is 0 Å². The lowest BCUT2D eigenvalue weighted by molar-refractivity contribution is 0.769. The third-order valence-corrected chi connectivity index (χ3v) is 12.1. The summed E-state index contributed by atoms with van der Waals surface area (Å²) in [4.78, 5) is 0. The number of nitrogens with zero attached hydrogens (tertiary/aromatic N) is 1. The number of rotatable bonds is 5. The van der Waals surface area contributed by atoms with Crippen LogP contribution in [-0.4, -0.2) is 4.57 Å². The van der Waals surface area contributed by atoms with Crippen molar-refractivity contribution in [1.82, 2.24) is 4.57 Å². The van der Waals surface area contributed by atoms with Crippen LogP contribution in [0.5, 0.6) is 0 Å². The molecule has 0 radical (unpaired) electrons. The summed E-state index contributed by atoms with van der Waals surface area (Å²) in [5.41, 5.74) is 18.4. The van der Waals surface area contributed by atoms with Crippen LogP contribution in [0, 0.1) is 13.8 Å². The van der Waals surface area contributed by atoms with Crippen LogP contribution >= 0.6 is 0 Å². The van der Waals surface area contributed by atoms with E-state index in [2.05, 4.69) is 219 Å². The molecule has 0 amide bonds. The number of hydrogen-bond donors (Lipinski definition) is 0. The molecule has 0 saturated heterocycles. The summed E-state index contributed by atoms with van der Waals surface area (Å²) < 4.78 is 2.45. The molecule has 0 fully saturated rings. The molecule has 1 heterocycles. The molecular weight excluding hydrogens is 675 g/mol. The monoisotopic (exact) mass is 713 g/mol. The summed E-state index contributed by atoms with van der Waals surface area (Å²) in [7, 11) is 0. The van der Waals surface area contributed by atoms with Crippen LogP contribution in [0.2, 0.25) is 0 Å². The molecule has 0 aliphatic heterocycles. The molecule has 0 saturated carbocycles. The lowest BCUT2D eigenvalue weighted by Gasteiger charge is -2.34. The van der Waals surface area contributed by atoms with Crippen LogP contribution in [0.1, 0.15) is 33.4 Å². The number of aromatic nitrogens is 1. The quantitative estimate of drug-likeness (QED) is 0.167. The smallest absolute Gasteiger partial charge is 0.0713 e. The molecule has 0 bridgehead atoms. The van der Waals surface area contributed by atoms with E-state index in [1.165, 1.54) is 99.3 Å². The van der Waals surface area contributed by atoms with Crippen molar-refractivity contribution in [2.24, 2.45) is 0 Å². The van der Waals surface area contributed by atoms with Crippen molar-refractivity contribution < 1.29 is 0 Å². The van der Waals surface area contributed by atoms with Crippen molar-refractivity contribution in [2.75, 3.05) is 0 Å². The summed E-state index contributed by atoms with van der Waals surface area (Å²) in [5.74, 6) is 0. The highest BCUT2D eigenvalue weighted by Crippen LogP contribution is 2.56. The van der Waals surface area contributed by atoms with Gasteiger partial charge in [-0.1, -0.05) is 175 Å². The third-order valence-electron chi connectivity index (χ3n) is 12.1. The van der Waals surface area contributed by atoms with Gasteiger partial charge in [0.1, 0.15) is 0 Å². The van der Waals surface area contributed by atoms with Crippen molar-refractivity contribution in [3.05, 3.63) is 234 Å². The molecule has 1 aliphatic rings. The molecule has 0 atom stereocenters. The van der Waals surface area contributed by atoms with Crippen molar-refractivity contribution in [1.29, 1.82) is 0 Å². The van der Waals surface area contributed by atoms with E-state index < -0.39 is 5.41 Å². The number of fused-ring (bicyclic) bond motifs is 8. The van der Waals surface area contributed by atoms with E-state index in [0.717, 1.165) is 5.69 Å². The molecule has 10 aromatic rings. The molecule has 11 rings (SSSR count). The second-order valence-electron chi connectivity index (χ2n) is 15.5. The fourth-order valence-electron chi connectivity index (χ4n) is 9.82. The summed E-state index contributed by atoms with van der Waals surface area (Å²) in [5, 5.41) is 5.07. The van der Waals surface area contributed by atoms with Gasteiger partial charge < -0.3 is 4.57 Å². The first-order chi connectivity index (χ1) is 27.6. The predicted molar refractivity (Wildman–Crippen MR) is 236 cm³/mol. The van der Waals surface area contributed by atoms with E-state index in [4.69, 9.17) is 0 Å². The van der Waals surface area contributed by atoms with E-state index in [-0.39, 0.29) is 0 Å². The van der Waals surface area contributed by atoms with Crippen LogP contribution in [-0.2, 0) is 5.41 Å². The van der Waals surface area contributed by atoms with Gasteiger partial charge >= 0.3 is 0 Å². The predicted octanol–water partition coefficient (Wildman–Crippen LogP) is 14.3. The van der Waals surface area contributed by atoms with Crippen molar-refractivity contribution in [3.63, 3.8) is 0 Å². The Morgan fingerprint density at radius 3 is 1.71 bits per heavy atom. The Labute approximate surface area is 327 Å². The van der Waals surface area contributed by atoms with Gasteiger partial charge in [-0.3, -0.25) is 0 Å². The fraction of sp³-hybridized carbons (Fsp3) is 0.0545. The van der Waals surface area contributed by atoms with Gasteiger partial charge in [-0.15, -0.1) is 0 Å². The zero-order valence-corrected chi connectivity index (χ0v) is 31.5. The van der Waals surface area contributed by atoms with Crippen molar-refractivity contribution >= 4 is 32.6 Å². The highest BCUT2D eigenvalue weighted by atomic mass is 15.0. The first kappa shape index (κ1) is 32.5. The van der Waals surface area contributed by atoms with Crippen LogP contribution in [0.3, 0.4) is 0 Å². The summed E-state index contributed by atoms with van der Waals surface area (Å²) >= 11 is 0. The Kier molecular flexibility index (Phi) is 7.28. The van der Waals surface area contributed by atoms with E-state index in [9.17, 15) is 0 Å². The maximum absolute atomic E-state index is 2.47. The highest BCUT2D eigenvalue weighted by Gasteiger charge is 2.46. The fourth-order valence-corrected chi connectivity index (χ4v) is 9.82. The number of benzene rings is 9. The second-order valence-corrected chi connectivity index (χ2v) is 15.5. The van der Waals surface area contributed by atoms with Crippen molar-refractivity contribution in [2.45, 2.75) is 19.3 Å². The van der Waals surface area contributed by atoms with Gasteiger partial charge in [-0.25, -0.2) is 0 Å². The van der Waals surface area contributed by atoms with E-state index >= 15 is 0 Å². The van der Waals surface area contributed by atoms with Gasteiger partial charge in [-0.2, -0.15) is 0 Å². The molecule has 0 N–H and O–H groups in total. The molecule has 0 unspecified atom stereocenters. The van der Waals surface area contributed by atoms with Crippen LogP contribution in [0.4, 0.5) is 0 Å². The molecule has 1 nitrogen and oxygen atoms in total. The highest BCUT2D eigenvalue weighted by molar-refractivity contribution is 6.22. The minimum atomic E-state index is -0.440. The molecule has 1 heteroatoms. The molecule has 9 aromatic carbocycles. The average molecular weight is 714 g/mol. The van der Waals surface area contributed by atoms with Gasteiger partial charge in [0.25, 0.3) is 0 Å². The van der Waals surface area contributed by atoms with Crippen molar-refractivity contribution in [3.8, 4) is 39.1 Å². The first-order valence-corrected chi connectivity index (χ1v) is 19.6. The van der Waals surface area contributed by atoms with Crippen LogP contribution in [0.25, 0.3) is 71.6 Å². The first-order valence-electron chi connectivity index (χ1n) is 19.6. The normalized spacial score (nSPS) is 13.0. The van der Waals surface area contributed by atoms with Gasteiger partial charge in [0.05, 0.1) is 16.4 Å². The zero-order valence-electron chi connectivity index (χ0n) is 31.5. The summed E-state index contributed by atoms with van der Waals surface area (Å²) in [6, 6.07) is 74.6. The van der Waals surface area contributed by atoms with E-state index in [1.54, 1.807) is 0 Å². The second kappa shape index (κ2) is 12.5. The minimum absolute atomic E-state index is 0.440. The number of aryl methyl sites for hydroxylation is 2. The summed E-state index contributed by atoms with van der Waals surface area (Å²) in [6.45, 7) is 4.35. The molecule has 1 aliphatic carbocycles. The Morgan fingerprint density at radius 1 is 0.375 bits per heavy atom. The third kappa shape index (κ3) is 4.81.